The van der Waals surface area contributed by atoms with Crippen molar-refractivity contribution in [3.05, 3.63) is 0 Å². The highest BCUT2D eigenvalue weighted by Gasteiger charge is 2.70. The van der Waals surface area contributed by atoms with E-state index in [-0.39, 0.29) is 55.0 Å². The molecule has 13 heteroatoms. The third kappa shape index (κ3) is 5.65. The minimum atomic E-state index is -2.45. The Balaban J connectivity index is 1.56. The topological polar surface area (TPSA) is 128 Å². The number of halogens is 3. The summed E-state index contributed by atoms with van der Waals surface area (Å²) in [6.07, 6.45) is 1.07. The van der Waals surface area contributed by atoms with Crippen LogP contribution in [0.3, 0.4) is 0 Å². The molecule has 7 atom stereocenters. The number of nitrogens with one attached hydrogen (secondary N) is 3. The van der Waals surface area contributed by atoms with Crippen molar-refractivity contribution >= 4 is 41.1 Å². The molecule has 2 aliphatic carbocycles. The molecule has 0 aromatic rings. The number of fused-ring (bicyclic) bond motifs is 1. The lowest BCUT2D eigenvalue weighted by Gasteiger charge is -2.36. The summed E-state index contributed by atoms with van der Waals surface area (Å²) in [6.45, 7) is 11.1. The van der Waals surface area contributed by atoms with E-state index < -0.39 is 58.5 Å². The summed E-state index contributed by atoms with van der Waals surface area (Å²) in [5, 5.41) is 6.11. The largest absolute Gasteiger partial charge is 0.351 e. The Bertz CT molecular complexity index is 1100. The van der Waals surface area contributed by atoms with Gasteiger partial charge in [0.05, 0.1) is 12.5 Å². The maximum Gasteiger partial charge on any atom is 0.291 e. The van der Waals surface area contributed by atoms with Crippen LogP contribution in [0.4, 0.5) is 8.78 Å². The average Bonchev–Trinajstić information content (AvgIpc) is 3.60. The molecule has 0 bridgehead atoms. The summed E-state index contributed by atoms with van der Waals surface area (Å²) in [7, 11) is 0. The van der Waals surface area contributed by atoms with Crippen molar-refractivity contribution < 1.29 is 32.8 Å². The van der Waals surface area contributed by atoms with Crippen molar-refractivity contribution in [2.75, 3.05) is 13.1 Å². The number of hydrogen-bond acceptors (Lipinski definition) is 5. The van der Waals surface area contributed by atoms with Gasteiger partial charge in [-0.05, 0) is 56.3 Å². The van der Waals surface area contributed by atoms with Gasteiger partial charge in [-0.3, -0.25) is 29.4 Å². The Morgan fingerprint density at radius 2 is 1.82 bits per heavy atom. The van der Waals surface area contributed by atoms with E-state index >= 15 is 0 Å². The Morgan fingerprint density at radius 1 is 1.20 bits per heavy atom. The number of piperidine rings is 1. The molecular weight excluding hydrogens is 548 g/mol. The van der Waals surface area contributed by atoms with Gasteiger partial charge in [-0.25, -0.2) is 13.8 Å². The van der Waals surface area contributed by atoms with Gasteiger partial charge in [0, 0.05) is 12.1 Å². The van der Waals surface area contributed by atoms with Crippen LogP contribution in [0.25, 0.3) is 0 Å². The molecule has 224 valence electrons. The molecule has 5 amide bonds. The molecule has 0 aromatic carbocycles. The van der Waals surface area contributed by atoms with E-state index in [4.69, 9.17) is 11.6 Å². The lowest BCUT2D eigenvalue weighted by atomic mass is 9.95. The van der Waals surface area contributed by atoms with Crippen molar-refractivity contribution in [1.82, 2.24) is 26.0 Å². The summed E-state index contributed by atoms with van der Waals surface area (Å²) >= 11 is 5.44. The second-order valence-electron chi connectivity index (χ2n) is 13.2. The van der Waals surface area contributed by atoms with Gasteiger partial charge in [-0.1, -0.05) is 45.7 Å². The smallest absolute Gasteiger partial charge is 0.291 e. The molecular formula is C27H40ClF2N5O5. The Hall–Kier alpha value is -2.50. The molecule has 0 aromatic heterocycles. The Labute approximate surface area is 238 Å². The van der Waals surface area contributed by atoms with Crippen LogP contribution in [0.2, 0.25) is 0 Å². The number of hydrazine groups is 1. The highest BCUT2D eigenvalue weighted by atomic mass is 35.5. The summed E-state index contributed by atoms with van der Waals surface area (Å²) in [6, 6.07) is -2.06. The molecule has 0 spiro atoms. The van der Waals surface area contributed by atoms with Crippen LogP contribution < -0.4 is 16.1 Å². The zero-order chi connectivity index (χ0) is 29.9. The first kappa shape index (κ1) is 30.5. The predicted molar refractivity (Wildman–Crippen MR) is 142 cm³/mol. The molecule has 3 N–H and O–H groups in total. The van der Waals surface area contributed by atoms with Crippen molar-refractivity contribution in [2.45, 2.75) is 96.1 Å². The summed E-state index contributed by atoms with van der Waals surface area (Å²) in [5.74, 6) is -4.91. The van der Waals surface area contributed by atoms with Crippen LogP contribution in [0.5, 0.6) is 0 Å². The molecule has 2 saturated heterocycles. The molecule has 40 heavy (non-hydrogen) atoms. The van der Waals surface area contributed by atoms with E-state index in [2.05, 4.69) is 16.1 Å². The normalized spacial score (nSPS) is 30.8. The maximum atomic E-state index is 14.5. The lowest BCUT2D eigenvalue weighted by molar-refractivity contribution is -0.151. The van der Waals surface area contributed by atoms with Crippen molar-refractivity contribution in [2.24, 2.45) is 29.1 Å². The number of amides is 5. The van der Waals surface area contributed by atoms with Gasteiger partial charge in [-0.15, -0.1) is 0 Å². The van der Waals surface area contributed by atoms with Gasteiger partial charge in [0.25, 0.3) is 23.4 Å². The van der Waals surface area contributed by atoms with E-state index in [9.17, 15) is 32.8 Å². The van der Waals surface area contributed by atoms with E-state index in [0.717, 1.165) is 5.01 Å². The van der Waals surface area contributed by atoms with Gasteiger partial charge in [0.15, 0.2) is 5.67 Å². The van der Waals surface area contributed by atoms with Crippen LogP contribution >= 0.6 is 11.6 Å². The molecule has 2 saturated carbocycles. The second-order valence-corrected chi connectivity index (χ2v) is 13.6. The number of likely N-dealkylation sites (tertiary alicyclic amines) is 1. The number of carbonyl (C=O) groups excluding carboxylic acids is 5. The summed E-state index contributed by atoms with van der Waals surface area (Å²) in [5.41, 5.74) is -2.78. The third-order valence-electron chi connectivity index (χ3n) is 9.31. The van der Waals surface area contributed by atoms with Gasteiger partial charge in [-0.2, -0.15) is 0 Å². The maximum absolute atomic E-state index is 14.5. The second kappa shape index (κ2) is 10.4. The van der Waals surface area contributed by atoms with Gasteiger partial charge in [0.2, 0.25) is 11.8 Å². The molecule has 4 fully saturated rings. The highest BCUT2D eigenvalue weighted by Crippen LogP contribution is 2.65. The van der Waals surface area contributed by atoms with Crippen LogP contribution in [-0.4, -0.2) is 81.5 Å². The SMILES string of the molecule is CC[C@H](C)[C@H](NC(=O)C1(F)CC1)C(=O)N1C[C@H]2[C@@H]([C@H]1C(=O)NN(C[C@@H]1CC(C)(C)NC1=O)C(=O)[C@H](F)Cl)C2(C)C. The quantitative estimate of drug-likeness (QED) is 0.280. The van der Waals surface area contributed by atoms with E-state index in [1.54, 1.807) is 6.92 Å². The lowest BCUT2D eigenvalue weighted by Crippen LogP contribution is -2.61. The van der Waals surface area contributed by atoms with E-state index in [1.165, 1.54) is 4.90 Å². The van der Waals surface area contributed by atoms with Gasteiger partial charge in [0.1, 0.15) is 12.1 Å². The summed E-state index contributed by atoms with van der Waals surface area (Å²) < 4.78 is 28.4. The van der Waals surface area contributed by atoms with E-state index in [1.807, 2.05) is 34.6 Å². The fourth-order valence-electron chi connectivity index (χ4n) is 6.35. The monoisotopic (exact) mass is 587 g/mol. The van der Waals surface area contributed by atoms with Crippen LogP contribution in [-0.2, 0) is 24.0 Å². The molecule has 0 radical (unpaired) electrons. The highest BCUT2D eigenvalue weighted by molar-refractivity contribution is 6.29. The molecule has 2 aliphatic heterocycles. The number of nitrogens with zero attached hydrogens (tertiary/aromatic N) is 2. The first-order valence-corrected chi connectivity index (χ1v) is 14.4. The van der Waals surface area contributed by atoms with Crippen molar-refractivity contribution in [1.29, 1.82) is 0 Å². The zero-order valence-corrected chi connectivity index (χ0v) is 24.6. The summed E-state index contributed by atoms with van der Waals surface area (Å²) in [4.78, 5) is 66.6. The first-order chi connectivity index (χ1) is 18.4. The molecule has 0 unspecified atom stereocenters. The number of carbonyl (C=O) groups is 5. The standard InChI is InChI=1S/C27H40ClF2N5O5/c1-7-13(2)17(31-24(40)27(30)8-9-27)22(38)34-12-15-16(26(15,5)6)18(34)21(37)33-35(23(39)19(28)29)11-14-10-25(3,4)32-20(14)36/h13-19H,7-12H2,1-6H3,(H,31,40)(H,32,36)(H,33,37)/t13-,14-,15-,16-,17-,18-,19-/m0/s1. The average molecular weight is 588 g/mol. The van der Waals surface area contributed by atoms with E-state index in [0.29, 0.717) is 12.8 Å². The van der Waals surface area contributed by atoms with Crippen LogP contribution in [0, 0.1) is 29.1 Å². The van der Waals surface area contributed by atoms with Crippen LogP contribution in [0.1, 0.15) is 67.2 Å². The Morgan fingerprint density at radius 3 is 2.33 bits per heavy atom. The first-order valence-electron chi connectivity index (χ1n) is 14.0. The Kier molecular flexibility index (Phi) is 7.92. The third-order valence-corrected chi connectivity index (χ3v) is 9.50. The molecule has 2 heterocycles. The minimum Gasteiger partial charge on any atom is -0.351 e. The molecule has 4 rings (SSSR count). The number of alkyl halides is 3. The fraction of sp³-hybridized carbons (Fsp3) is 0.815. The molecule has 10 nitrogen and oxygen atoms in total. The molecule has 4 aliphatic rings. The minimum absolute atomic E-state index is 0.0102. The van der Waals surface area contributed by atoms with Crippen LogP contribution in [0.15, 0.2) is 0 Å². The zero-order valence-electron chi connectivity index (χ0n) is 23.9. The number of hydrogen-bond donors (Lipinski definition) is 3. The fourth-order valence-corrected chi connectivity index (χ4v) is 6.47. The van der Waals surface area contributed by atoms with Gasteiger partial charge >= 0.3 is 0 Å². The van der Waals surface area contributed by atoms with Gasteiger partial charge < -0.3 is 15.5 Å². The number of rotatable bonds is 9. The van der Waals surface area contributed by atoms with Crippen molar-refractivity contribution in [3.8, 4) is 0 Å². The van der Waals surface area contributed by atoms with Crippen molar-refractivity contribution in [3.63, 3.8) is 0 Å². The predicted octanol–water partition coefficient (Wildman–Crippen LogP) is 1.81.